The number of aryl methyl sites for hydroxylation is 1. The minimum atomic E-state index is -1.00. The van der Waals surface area contributed by atoms with Crippen LogP contribution in [-0.2, 0) is 13.6 Å². The fourth-order valence-corrected chi connectivity index (χ4v) is 2.08. The largest absolute Gasteiger partial charge is 0.496 e. The van der Waals surface area contributed by atoms with Crippen LogP contribution in [0.1, 0.15) is 34.7 Å². The van der Waals surface area contributed by atoms with E-state index in [1.807, 2.05) is 24.6 Å². The third-order valence-corrected chi connectivity index (χ3v) is 3.24. The summed E-state index contributed by atoms with van der Waals surface area (Å²) in [5.41, 5.74) is 1.02. The first-order chi connectivity index (χ1) is 10.0. The lowest BCUT2D eigenvalue weighted by Crippen LogP contribution is -2.21. The van der Waals surface area contributed by atoms with Crippen LogP contribution in [0.4, 0.5) is 0 Å². The van der Waals surface area contributed by atoms with Crippen LogP contribution in [-0.4, -0.2) is 33.0 Å². The van der Waals surface area contributed by atoms with Crippen molar-refractivity contribution in [2.24, 2.45) is 7.05 Å². The molecule has 0 saturated heterocycles. The van der Waals surface area contributed by atoms with Crippen LogP contribution in [0, 0.1) is 0 Å². The van der Waals surface area contributed by atoms with E-state index in [-0.39, 0.29) is 11.6 Å². The standard InChI is InChI=1S/C14H18N4O3/c1-9(13-17-16-8-18(13)2)15-7-10-4-5-12(21-3)11(6-10)14(19)20/h4-6,8-9,15H,7H2,1-3H3,(H,19,20). The molecule has 2 N–H and O–H groups in total. The van der Waals surface area contributed by atoms with Crippen molar-refractivity contribution in [1.82, 2.24) is 20.1 Å². The van der Waals surface area contributed by atoms with E-state index in [2.05, 4.69) is 15.5 Å². The number of aromatic nitrogens is 3. The minimum Gasteiger partial charge on any atom is -0.496 e. The average molecular weight is 290 g/mol. The molecule has 0 bridgehead atoms. The summed E-state index contributed by atoms with van der Waals surface area (Å²) >= 11 is 0. The first-order valence-corrected chi connectivity index (χ1v) is 6.50. The smallest absolute Gasteiger partial charge is 0.339 e. The molecule has 0 saturated carbocycles. The fourth-order valence-electron chi connectivity index (χ4n) is 2.08. The maximum absolute atomic E-state index is 11.2. The van der Waals surface area contributed by atoms with Crippen LogP contribution in [0.15, 0.2) is 24.5 Å². The Hall–Kier alpha value is -2.41. The number of ether oxygens (including phenoxy) is 1. The van der Waals surface area contributed by atoms with Gasteiger partial charge in [-0.3, -0.25) is 0 Å². The summed E-state index contributed by atoms with van der Waals surface area (Å²) in [4.78, 5) is 11.2. The molecule has 7 nitrogen and oxygen atoms in total. The average Bonchev–Trinajstić information content (AvgIpc) is 2.90. The highest BCUT2D eigenvalue weighted by Gasteiger charge is 2.13. The van der Waals surface area contributed by atoms with E-state index in [0.717, 1.165) is 11.4 Å². The topological polar surface area (TPSA) is 89.3 Å². The fraction of sp³-hybridized carbons (Fsp3) is 0.357. The van der Waals surface area contributed by atoms with E-state index in [1.165, 1.54) is 7.11 Å². The van der Waals surface area contributed by atoms with Crippen molar-refractivity contribution in [3.8, 4) is 5.75 Å². The van der Waals surface area contributed by atoms with Crippen molar-refractivity contribution < 1.29 is 14.6 Å². The minimum absolute atomic E-state index is 0.00730. The molecule has 1 aromatic carbocycles. The SMILES string of the molecule is COc1ccc(CNC(C)c2nncn2C)cc1C(=O)O. The van der Waals surface area contributed by atoms with Crippen molar-refractivity contribution >= 4 is 5.97 Å². The van der Waals surface area contributed by atoms with Crippen LogP contribution in [0.3, 0.4) is 0 Å². The predicted octanol–water partition coefficient (Wildman–Crippen LogP) is 1.37. The molecule has 0 spiro atoms. The lowest BCUT2D eigenvalue weighted by atomic mass is 10.1. The zero-order valence-corrected chi connectivity index (χ0v) is 12.2. The van der Waals surface area contributed by atoms with Gasteiger partial charge in [0.25, 0.3) is 0 Å². The highest BCUT2D eigenvalue weighted by Crippen LogP contribution is 2.20. The van der Waals surface area contributed by atoms with Crippen molar-refractivity contribution in [2.75, 3.05) is 7.11 Å². The summed E-state index contributed by atoms with van der Waals surface area (Å²) in [7, 11) is 3.33. The maximum Gasteiger partial charge on any atom is 0.339 e. The van der Waals surface area contributed by atoms with Crippen LogP contribution < -0.4 is 10.1 Å². The number of carboxylic acid groups (broad SMARTS) is 1. The second-order valence-corrected chi connectivity index (χ2v) is 4.74. The zero-order valence-electron chi connectivity index (χ0n) is 12.2. The number of hydrogen-bond acceptors (Lipinski definition) is 5. The number of methoxy groups -OCH3 is 1. The third kappa shape index (κ3) is 3.38. The lowest BCUT2D eigenvalue weighted by Gasteiger charge is -2.14. The molecular formula is C14H18N4O3. The van der Waals surface area contributed by atoms with Gasteiger partial charge < -0.3 is 19.7 Å². The molecule has 112 valence electrons. The number of rotatable bonds is 6. The Bertz CT molecular complexity index is 639. The van der Waals surface area contributed by atoms with Gasteiger partial charge in [0.15, 0.2) is 0 Å². The van der Waals surface area contributed by atoms with Gasteiger partial charge in [0.05, 0.1) is 13.2 Å². The Kier molecular flexibility index (Phi) is 4.54. The predicted molar refractivity (Wildman–Crippen MR) is 76.2 cm³/mol. The van der Waals surface area contributed by atoms with Crippen LogP contribution >= 0.6 is 0 Å². The number of benzene rings is 1. The van der Waals surface area contributed by atoms with Gasteiger partial charge in [-0.05, 0) is 24.6 Å². The summed E-state index contributed by atoms with van der Waals surface area (Å²) in [5, 5.41) is 20.3. The van der Waals surface area contributed by atoms with Gasteiger partial charge in [0, 0.05) is 13.6 Å². The maximum atomic E-state index is 11.2. The molecule has 1 atom stereocenters. The Morgan fingerprint density at radius 1 is 1.52 bits per heavy atom. The second kappa shape index (κ2) is 6.36. The Balaban J connectivity index is 2.08. The number of carboxylic acids is 1. The van der Waals surface area contributed by atoms with E-state index in [0.29, 0.717) is 12.3 Å². The van der Waals surface area contributed by atoms with E-state index in [4.69, 9.17) is 9.84 Å². The highest BCUT2D eigenvalue weighted by atomic mass is 16.5. The summed E-state index contributed by atoms with van der Waals surface area (Å²) in [6.45, 7) is 2.50. The number of nitrogens with zero attached hydrogens (tertiary/aromatic N) is 3. The molecular weight excluding hydrogens is 272 g/mol. The van der Waals surface area contributed by atoms with Crippen LogP contribution in [0.2, 0.25) is 0 Å². The summed E-state index contributed by atoms with van der Waals surface area (Å²) < 4.78 is 6.88. The summed E-state index contributed by atoms with van der Waals surface area (Å²) in [6.07, 6.45) is 1.64. The first kappa shape index (κ1) is 15.0. The normalized spacial score (nSPS) is 12.1. The molecule has 1 unspecified atom stereocenters. The number of carbonyl (C=O) groups is 1. The Labute approximate surface area is 122 Å². The first-order valence-electron chi connectivity index (χ1n) is 6.50. The molecule has 0 aliphatic rings. The van der Waals surface area contributed by atoms with Crippen molar-refractivity contribution in [1.29, 1.82) is 0 Å². The van der Waals surface area contributed by atoms with Crippen molar-refractivity contribution in [2.45, 2.75) is 19.5 Å². The van der Waals surface area contributed by atoms with Crippen molar-refractivity contribution in [3.63, 3.8) is 0 Å². The van der Waals surface area contributed by atoms with Crippen molar-refractivity contribution in [3.05, 3.63) is 41.5 Å². The highest BCUT2D eigenvalue weighted by molar-refractivity contribution is 5.91. The number of hydrogen-bond donors (Lipinski definition) is 2. The Morgan fingerprint density at radius 3 is 2.86 bits per heavy atom. The second-order valence-electron chi connectivity index (χ2n) is 4.74. The Morgan fingerprint density at radius 2 is 2.29 bits per heavy atom. The summed E-state index contributed by atoms with van der Waals surface area (Å²) in [5.74, 6) is 0.171. The molecule has 7 heteroatoms. The molecule has 2 aromatic rings. The van der Waals surface area contributed by atoms with Gasteiger partial charge in [-0.15, -0.1) is 10.2 Å². The monoisotopic (exact) mass is 290 g/mol. The molecule has 0 fully saturated rings. The number of nitrogens with one attached hydrogen (secondary N) is 1. The number of aromatic carboxylic acids is 1. The van der Waals surface area contributed by atoms with Gasteiger partial charge in [-0.25, -0.2) is 4.79 Å². The zero-order chi connectivity index (χ0) is 15.4. The van der Waals surface area contributed by atoms with Crippen LogP contribution in [0.25, 0.3) is 0 Å². The lowest BCUT2D eigenvalue weighted by molar-refractivity contribution is 0.0693. The van der Waals surface area contributed by atoms with Gasteiger partial charge in [-0.1, -0.05) is 6.07 Å². The van der Waals surface area contributed by atoms with E-state index in [9.17, 15) is 4.79 Å². The molecule has 0 radical (unpaired) electrons. The van der Waals surface area contributed by atoms with Crippen LogP contribution in [0.5, 0.6) is 5.75 Å². The summed E-state index contributed by atoms with van der Waals surface area (Å²) in [6, 6.07) is 5.11. The van der Waals surface area contributed by atoms with Gasteiger partial charge >= 0.3 is 5.97 Å². The molecule has 2 rings (SSSR count). The van der Waals surface area contributed by atoms with Gasteiger partial charge in [0.1, 0.15) is 23.5 Å². The molecule has 1 heterocycles. The molecule has 0 aliphatic carbocycles. The molecule has 0 aliphatic heterocycles. The van der Waals surface area contributed by atoms with E-state index < -0.39 is 5.97 Å². The van der Waals surface area contributed by atoms with Gasteiger partial charge in [-0.2, -0.15) is 0 Å². The molecule has 1 aromatic heterocycles. The molecule has 21 heavy (non-hydrogen) atoms. The van der Waals surface area contributed by atoms with Gasteiger partial charge in [0.2, 0.25) is 0 Å². The van der Waals surface area contributed by atoms with E-state index >= 15 is 0 Å². The molecule has 0 amide bonds. The third-order valence-electron chi connectivity index (χ3n) is 3.24. The van der Waals surface area contributed by atoms with E-state index in [1.54, 1.807) is 18.5 Å². The quantitative estimate of drug-likeness (QED) is 0.835.